The van der Waals surface area contributed by atoms with E-state index in [4.69, 9.17) is 4.98 Å². The molecule has 0 radical (unpaired) electrons. The molecule has 4 N–H and O–H groups in total. The van der Waals surface area contributed by atoms with Crippen LogP contribution in [0.3, 0.4) is 0 Å². The van der Waals surface area contributed by atoms with Gasteiger partial charge in [-0.25, -0.2) is 9.37 Å². The Bertz CT molecular complexity index is 1900. The van der Waals surface area contributed by atoms with E-state index in [1.54, 1.807) is 18.5 Å². The van der Waals surface area contributed by atoms with E-state index in [1.165, 1.54) is 12.5 Å². The predicted molar refractivity (Wildman–Crippen MR) is 157 cm³/mol. The topological polar surface area (TPSA) is 120 Å². The lowest BCUT2D eigenvalue weighted by Crippen LogP contribution is -2.24. The highest BCUT2D eigenvalue weighted by molar-refractivity contribution is 6.00. The number of nitrogens with one attached hydrogen (secondary N) is 3. The Morgan fingerprint density at radius 1 is 0.951 bits per heavy atom. The highest BCUT2D eigenvalue weighted by atomic mass is 19.1. The largest absolute Gasteiger partial charge is 0.508 e. The number of aromatic amines is 2. The van der Waals surface area contributed by atoms with E-state index in [0.717, 1.165) is 65.0 Å². The molecule has 1 saturated carbocycles. The smallest absolute Gasteiger partial charge is 0.227 e. The highest BCUT2D eigenvalue weighted by Gasteiger charge is 2.21. The second-order valence-corrected chi connectivity index (χ2v) is 10.6. The number of carbonyl (C=O) groups excluding carboxylic acids is 1. The van der Waals surface area contributed by atoms with E-state index in [9.17, 15) is 14.3 Å². The van der Waals surface area contributed by atoms with Crippen molar-refractivity contribution in [3.05, 3.63) is 78.9 Å². The molecule has 1 fully saturated rings. The second kappa shape index (κ2) is 10.2. The van der Waals surface area contributed by atoms with E-state index in [2.05, 4.69) is 25.5 Å². The van der Waals surface area contributed by atoms with Crippen LogP contribution in [0, 0.1) is 11.7 Å². The molecule has 41 heavy (non-hydrogen) atoms. The summed E-state index contributed by atoms with van der Waals surface area (Å²) in [4.78, 5) is 25.5. The van der Waals surface area contributed by atoms with Gasteiger partial charge in [-0.2, -0.15) is 5.10 Å². The third-order valence-corrected chi connectivity index (χ3v) is 7.80. The Hall–Kier alpha value is -5.05. The minimum atomic E-state index is -0.505. The van der Waals surface area contributed by atoms with Gasteiger partial charge in [0.1, 0.15) is 22.8 Å². The van der Waals surface area contributed by atoms with Crippen LogP contribution in [0.1, 0.15) is 32.1 Å². The number of H-pyrrole nitrogens is 2. The normalized spacial score (nSPS) is 14.1. The summed E-state index contributed by atoms with van der Waals surface area (Å²) in [7, 11) is 0. The van der Waals surface area contributed by atoms with Gasteiger partial charge in [-0.15, -0.1) is 0 Å². The Kier molecular flexibility index (Phi) is 6.19. The monoisotopic (exact) mass is 546 g/mol. The summed E-state index contributed by atoms with van der Waals surface area (Å²) in [5.41, 5.74) is 7.18. The van der Waals surface area contributed by atoms with Gasteiger partial charge in [-0.3, -0.25) is 14.9 Å². The van der Waals surface area contributed by atoms with Crippen molar-refractivity contribution in [3.8, 4) is 39.5 Å². The number of nitrogens with zero attached hydrogens (tertiary/aromatic N) is 3. The SMILES string of the molecule is O=C(Nc1cncc(-c2ccc3[nH]nc(-c4cc5c(-c6cc(O)cc(F)c6)cccc5[nH]4)c3n2)c1)C1CCCCC1. The number of aromatic hydroxyl groups is 1. The molecule has 2 aromatic carbocycles. The molecule has 4 aromatic heterocycles. The number of amides is 1. The summed E-state index contributed by atoms with van der Waals surface area (Å²) >= 11 is 0. The number of hydrogen-bond acceptors (Lipinski definition) is 5. The van der Waals surface area contributed by atoms with Gasteiger partial charge in [0, 0.05) is 34.6 Å². The van der Waals surface area contributed by atoms with E-state index in [1.807, 2.05) is 42.5 Å². The van der Waals surface area contributed by atoms with Gasteiger partial charge in [0.2, 0.25) is 5.91 Å². The van der Waals surface area contributed by atoms with Gasteiger partial charge in [-0.05, 0) is 66.4 Å². The van der Waals surface area contributed by atoms with Crippen LogP contribution < -0.4 is 5.32 Å². The van der Waals surface area contributed by atoms with E-state index in [-0.39, 0.29) is 17.6 Å². The average Bonchev–Trinajstić information content (AvgIpc) is 3.61. The van der Waals surface area contributed by atoms with E-state index >= 15 is 0 Å². The molecule has 9 heteroatoms. The molecule has 0 unspecified atom stereocenters. The molecule has 6 aromatic rings. The summed E-state index contributed by atoms with van der Waals surface area (Å²) in [6.07, 6.45) is 8.64. The molecular formula is C32H27FN6O2. The number of phenols is 1. The zero-order valence-electron chi connectivity index (χ0n) is 22.1. The number of rotatable bonds is 5. The van der Waals surface area contributed by atoms with Crippen molar-refractivity contribution in [2.75, 3.05) is 5.32 Å². The van der Waals surface area contributed by atoms with Crippen molar-refractivity contribution in [3.63, 3.8) is 0 Å². The first-order valence-electron chi connectivity index (χ1n) is 13.8. The van der Waals surface area contributed by atoms with Crippen molar-refractivity contribution in [2.45, 2.75) is 32.1 Å². The third kappa shape index (κ3) is 4.80. The van der Waals surface area contributed by atoms with Crippen LogP contribution in [0.2, 0.25) is 0 Å². The molecule has 0 bridgehead atoms. The zero-order valence-corrected chi connectivity index (χ0v) is 22.1. The molecule has 1 aliphatic carbocycles. The molecule has 204 valence electrons. The number of halogens is 1. The standard InChI is InChI=1S/C32H27FN6O2/c33-21-11-19(13-23(40)14-21)24-7-4-8-27-25(24)15-29(36-27)31-30-28(38-39-31)10-9-26(37-30)20-12-22(17-34-16-20)35-32(41)18-5-2-1-3-6-18/h4,7-18,36,40H,1-3,5-6H2,(H,35,41)(H,38,39). The fourth-order valence-corrected chi connectivity index (χ4v) is 5.77. The summed E-state index contributed by atoms with van der Waals surface area (Å²) in [6, 6.07) is 17.4. The summed E-state index contributed by atoms with van der Waals surface area (Å²) in [6.45, 7) is 0. The van der Waals surface area contributed by atoms with Crippen LogP contribution >= 0.6 is 0 Å². The van der Waals surface area contributed by atoms with Crippen molar-refractivity contribution in [1.82, 2.24) is 25.1 Å². The summed E-state index contributed by atoms with van der Waals surface area (Å²) in [5.74, 6) is -0.528. The van der Waals surface area contributed by atoms with Crippen LogP contribution in [-0.2, 0) is 4.79 Å². The Labute approximate surface area is 234 Å². The van der Waals surface area contributed by atoms with Gasteiger partial charge < -0.3 is 15.4 Å². The number of phenolic OH excluding ortho intramolecular Hbond substituents is 1. The minimum Gasteiger partial charge on any atom is -0.508 e. The number of pyridine rings is 2. The molecule has 0 aliphatic heterocycles. The molecule has 1 amide bonds. The second-order valence-electron chi connectivity index (χ2n) is 10.6. The Balaban J connectivity index is 1.23. The number of hydrogen-bond donors (Lipinski definition) is 4. The number of anilines is 1. The molecule has 0 saturated heterocycles. The number of fused-ring (bicyclic) bond motifs is 2. The van der Waals surface area contributed by atoms with Crippen LogP contribution in [0.4, 0.5) is 10.1 Å². The maximum atomic E-state index is 14.1. The number of benzene rings is 2. The molecule has 8 nitrogen and oxygen atoms in total. The van der Waals surface area contributed by atoms with Gasteiger partial charge in [0.25, 0.3) is 0 Å². The predicted octanol–water partition coefficient (Wildman–Crippen LogP) is 7.20. The van der Waals surface area contributed by atoms with Crippen molar-refractivity contribution in [1.29, 1.82) is 0 Å². The minimum absolute atomic E-state index is 0.0517. The first-order chi connectivity index (χ1) is 20.0. The lowest BCUT2D eigenvalue weighted by molar-refractivity contribution is -0.120. The van der Waals surface area contributed by atoms with Gasteiger partial charge in [-0.1, -0.05) is 31.4 Å². The highest BCUT2D eigenvalue weighted by Crippen LogP contribution is 2.35. The summed E-state index contributed by atoms with van der Waals surface area (Å²) < 4.78 is 14.1. The summed E-state index contributed by atoms with van der Waals surface area (Å²) in [5, 5.41) is 21.5. The van der Waals surface area contributed by atoms with Crippen molar-refractivity contribution < 1.29 is 14.3 Å². The van der Waals surface area contributed by atoms with Gasteiger partial charge in [0.05, 0.1) is 28.8 Å². The van der Waals surface area contributed by atoms with Crippen molar-refractivity contribution in [2.24, 2.45) is 5.92 Å². The fraction of sp³-hybridized carbons (Fsp3) is 0.188. The van der Waals surface area contributed by atoms with Gasteiger partial charge in [0.15, 0.2) is 0 Å². The number of aromatic nitrogens is 5. The third-order valence-electron chi connectivity index (χ3n) is 7.80. The first kappa shape index (κ1) is 25.0. The fourth-order valence-electron chi connectivity index (χ4n) is 5.77. The molecular weight excluding hydrogens is 519 g/mol. The molecule has 1 aliphatic rings. The maximum Gasteiger partial charge on any atom is 0.227 e. The maximum absolute atomic E-state index is 14.1. The van der Waals surface area contributed by atoms with E-state index < -0.39 is 5.82 Å². The molecule has 7 rings (SSSR count). The first-order valence-corrected chi connectivity index (χ1v) is 13.8. The van der Waals surface area contributed by atoms with Crippen LogP contribution in [-0.4, -0.2) is 36.2 Å². The number of carbonyl (C=O) groups is 1. The Morgan fingerprint density at radius 2 is 1.83 bits per heavy atom. The Morgan fingerprint density at radius 3 is 2.68 bits per heavy atom. The lowest BCUT2D eigenvalue weighted by atomic mass is 9.88. The quantitative estimate of drug-likeness (QED) is 0.182. The van der Waals surface area contributed by atoms with Crippen LogP contribution in [0.25, 0.3) is 55.7 Å². The van der Waals surface area contributed by atoms with Crippen molar-refractivity contribution >= 4 is 33.5 Å². The van der Waals surface area contributed by atoms with Crippen LogP contribution in [0.15, 0.2) is 73.1 Å². The zero-order chi connectivity index (χ0) is 27.9. The molecule has 0 atom stereocenters. The molecule has 0 spiro atoms. The van der Waals surface area contributed by atoms with E-state index in [0.29, 0.717) is 28.2 Å². The van der Waals surface area contributed by atoms with Gasteiger partial charge >= 0.3 is 0 Å². The van der Waals surface area contributed by atoms with Crippen LogP contribution in [0.5, 0.6) is 5.75 Å². The molecule has 4 heterocycles. The lowest BCUT2D eigenvalue weighted by Gasteiger charge is -2.20. The average molecular weight is 547 g/mol.